The number of hydrogen-bond acceptors (Lipinski definition) is 3. The molecule has 0 amide bonds. The van der Waals surface area contributed by atoms with Crippen LogP contribution in [0.5, 0.6) is 0 Å². The van der Waals surface area contributed by atoms with Gasteiger partial charge < -0.3 is 9.47 Å². The first-order valence-corrected chi connectivity index (χ1v) is 4.28. The molecule has 0 saturated carbocycles. The molecule has 3 unspecified atom stereocenters. The summed E-state index contributed by atoms with van der Waals surface area (Å²) in [6, 6.07) is 0. The first-order valence-electron chi connectivity index (χ1n) is 4.28. The predicted molar refractivity (Wildman–Crippen MR) is 44.7 cm³/mol. The maximum Gasteiger partial charge on any atom is 0.175 e. The zero-order chi connectivity index (χ0) is 9.35. The van der Waals surface area contributed by atoms with E-state index in [1.54, 1.807) is 6.92 Å². The molecule has 1 aliphatic heterocycles. The highest BCUT2D eigenvalue weighted by Crippen LogP contribution is 2.30. The molecule has 0 spiro atoms. The molecular weight excluding hydrogens is 156 g/mol. The van der Waals surface area contributed by atoms with Crippen molar-refractivity contribution >= 4 is 5.78 Å². The summed E-state index contributed by atoms with van der Waals surface area (Å²) in [5, 5.41) is 0. The first-order chi connectivity index (χ1) is 5.46. The van der Waals surface area contributed by atoms with Gasteiger partial charge in [-0.15, -0.1) is 0 Å². The Morgan fingerprint density at radius 3 is 2.58 bits per heavy atom. The van der Waals surface area contributed by atoms with Gasteiger partial charge in [0.05, 0.1) is 18.6 Å². The van der Waals surface area contributed by atoms with E-state index < -0.39 is 5.79 Å². The lowest BCUT2D eigenvalue weighted by molar-refractivity contribution is -0.188. The minimum atomic E-state index is -0.703. The second kappa shape index (κ2) is 3.15. The predicted octanol–water partition coefficient (Wildman–Crippen LogP) is 1.36. The molecule has 70 valence electrons. The molecule has 0 aromatic rings. The van der Waals surface area contributed by atoms with E-state index in [0.29, 0.717) is 6.61 Å². The molecule has 3 heteroatoms. The molecule has 1 rings (SSSR count). The molecule has 1 aliphatic rings. The van der Waals surface area contributed by atoms with Crippen molar-refractivity contribution in [1.29, 1.82) is 0 Å². The van der Waals surface area contributed by atoms with E-state index in [1.807, 2.05) is 20.8 Å². The van der Waals surface area contributed by atoms with Gasteiger partial charge in [-0.25, -0.2) is 0 Å². The van der Waals surface area contributed by atoms with Crippen LogP contribution in [0.15, 0.2) is 0 Å². The fourth-order valence-corrected chi connectivity index (χ4v) is 1.35. The van der Waals surface area contributed by atoms with Crippen molar-refractivity contribution in [3.05, 3.63) is 0 Å². The Labute approximate surface area is 73.0 Å². The largest absolute Gasteiger partial charge is 0.347 e. The zero-order valence-corrected chi connectivity index (χ0v) is 8.09. The van der Waals surface area contributed by atoms with E-state index in [0.717, 1.165) is 0 Å². The molecular formula is C9H16O3. The third-order valence-corrected chi connectivity index (χ3v) is 2.44. The third kappa shape index (κ3) is 1.67. The van der Waals surface area contributed by atoms with Crippen LogP contribution in [0.1, 0.15) is 27.7 Å². The molecule has 0 aromatic carbocycles. The molecule has 12 heavy (non-hydrogen) atoms. The van der Waals surface area contributed by atoms with E-state index in [1.165, 1.54) is 0 Å². The lowest BCUT2D eigenvalue weighted by Gasteiger charge is -2.27. The minimum Gasteiger partial charge on any atom is -0.347 e. The number of carbonyl (C=O) groups excluding carboxylic acids is 1. The smallest absolute Gasteiger partial charge is 0.175 e. The highest BCUT2D eigenvalue weighted by atomic mass is 16.7. The van der Waals surface area contributed by atoms with Crippen molar-refractivity contribution < 1.29 is 14.3 Å². The Kier molecular flexibility index (Phi) is 2.54. The normalized spacial score (nSPS) is 38.2. The molecule has 3 nitrogen and oxygen atoms in total. The minimum absolute atomic E-state index is 0.0943. The van der Waals surface area contributed by atoms with Crippen molar-refractivity contribution in [1.82, 2.24) is 0 Å². The lowest BCUT2D eigenvalue weighted by Crippen LogP contribution is -2.38. The average Bonchev–Trinajstić information content (AvgIpc) is 2.31. The Morgan fingerprint density at radius 2 is 2.25 bits per heavy atom. The van der Waals surface area contributed by atoms with Crippen molar-refractivity contribution in [2.45, 2.75) is 39.6 Å². The van der Waals surface area contributed by atoms with E-state index in [-0.39, 0.29) is 17.8 Å². The molecule has 1 saturated heterocycles. The second-order valence-corrected chi connectivity index (χ2v) is 3.59. The van der Waals surface area contributed by atoms with Gasteiger partial charge in [0.2, 0.25) is 0 Å². The van der Waals surface area contributed by atoms with Crippen LogP contribution in [-0.2, 0) is 14.3 Å². The van der Waals surface area contributed by atoms with Crippen LogP contribution in [0.25, 0.3) is 0 Å². The van der Waals surface area contributed by atoms with Crippen LogP contribution in [-0.4, -0.2) is 24.3 Å². The van der Waals surface area contributed by atoms with Crippen LogP contribution < -0.4 is 0 Å². The fraction of sp³-hybridized carbons (Fsp3) is 0.889. The van der Waals surface area contributed by atoms with Crippen LogP contribution >= 0.6 is 0 Å². The molecule has 0 radical (unpaired) electrons. The van der Waals surface area contributed by atoms with Gasteiger partial charge in [0.1, 0.15) is 5.78 Å². The summed E-state index contributed by atoms with van der Waals surface area (Å²) in [5.74, 6) is -0.792. The number of Topliss-reactive ketones (excluding diaryl/α,β-unsaturated/α-hetero) is 1. The summed E-state index contributed by atoms with van der Waals surface area (Å²) >= 11 is 0. The van der Waals surface area contributed by atoms with Gasteiger partial charge in [-0.1, -0.05) is 6.92 Å². The number of rotatable bonds is 2. The maximum atomic E-state index is 11.1. The SMILES string of the molecule is CC(=O)C(C)C1(C)OCC(C)O1. The van der Waals surface area contributed by atoms with Crippen LogP contribution in [0.3, 0.4) is 0 Å². The Hall–Kier alpha value is -0.410. The van der Waals surface area contributed by atoms with Crippen molar-refractivity contribution in [3.63, 3.8) is 0 Å². The van der Waals surface area contributed by atoms with Crippen molar-refractivity contribution in [3.8, 4) is 0 Å². The number of carbonyl (C=O) groups is 1. The van der Waals surface area contributed by atoms with E-state index in [2.05, 4.69) is 0 Å². The summed E-state index contributed by atoms with van der Waals surface area (Å²) in [7, 11) is 0. The summed E-state index contributed by atoms with van der Waals surface area (Å²) < 4.78 is 11.0. The molecule has 3 atom stereocenters. The fourth-order valence-electron chi connectivity index (χ4n) is 1.35. The second-order valence-electron chi connectivity index (χ2n) is 3.59. The van der Waals surface area contributed by atoms with Crippen molar-refractivity contribution in [2.24, 2.45) is 5.92 Å². The summed E-state index contributed by atoms with van der Waals surface area (Å²) in [6.07, 6.45) is 0.0943. The maximum absolute atomic E-state index is 11.1. The summed E-state index contributed by atoms with van der Waals surface area (Å²) in [6.45, 7) is 7.74. The van der Waals surface area contributed by atoms with Gasteiger partial charge in [0, 0.05) is 0 Å². The highest BCUT2D eigenvalue weighted by Gasteiger charge is 2.42. The molecule has 0 aromatic heterocycles. The molecule has 0 bridgehead atoms. The van der Waals surface area contributed by atoms with Crippen LogP contribution in [0, 0.1) is 5.92 Å². The molecule has 0 aliphatic carbocycles. The van der Waals surface area contributed by atoms with E-state index in [4.69, 9.17) is 9.47 Å². The molecule has 0 N–H and O–H groups in total. The number of hydrogen-bond donors (Lipinski definition) is 0. The van der Waals surface area contributed by atoms with Crippen LogP contribution in [0.2, 0.25) is 0 Å². The lowest BCUT2D eigenvalue weighted by atomic mass is 9.98. The van der Waals surface area contributed by atoms with Gasteiger partial charge in [0.15, 0.2) is 5.79 Å². The van der Waals surface area contributed by atoms with Crippen LogP contribution in [0.4, 0.5) is 0 Å². The zero-order valence-electron chi connectivity index (χ0n) is 8.09. The number of ketones is 1. The van der Waals surface area contributed by atoms with Gasteiger partial charge in [-0.2, -0.15) is 0 Å². The van der Waals surface area contributed by atoms with Gasteiger partial charge in [-0.05, 0) is 20.8 Å². The Bertz CT molecular complexity index is 190. The average molecular weight is 172 g/mol. The monoisotopic (exact) mass is 172 g/mol. The Morgan fingerprint density at radius 1 is 1.67 bits per heavy atom. The topological polar surface area (TPSA) is 35.5 Å². The first kappa shape index (κ1) is 9.68. The third-order valence-electron chi connectivity index (χ3n) is 2.44. The standard InChI is InChI=1S/C9H16O3/c1-6-5-11-9(4,12-6)7(2)8(3)10/h6-7H,5H2,1-4H3. The number of ether oxygens (including phenoxy) is 2. The summed E-state index contributed by atoms with van der Waals surface area (Å²) in [5.41, 5.74) is 0. The molecule has 1 fully saturated rings. The van der Waals surface area contributed by atoms with E-state index in [9.17, 15) is 4.79 Å². The highest BCUT2D eigenvalue weighted by molar-refractivity contribution is 5.78. The van der Waals surface area contributed by atoms with Gasteiger partial charge >= 0.3 is 0 Å². The Balaban J connectivity index is 2.66. The summed E-state index contributed by atoms with van der Waals surface area (Å²) in [4.78, 5) is 11.1. The molecule has 1 heterocycles. The van der Waals surface area contributed by atoms with Crippen molar-refractivity contribution in [2.75, 3.05) is 6.61 Å². The van der Waals surface area contributed by atoms with Gasteiger partial charge in [-0.3, -0.25) is 4.79 Å². The quantitative estimate of drug-likeness (QED) is 0.631. The van der Waals surface area contributed by atoms with E-state index >= 15 is 0 Å². The van der Waals surface area contributed by atoms with Gasteiger partial charge in [0.25, 0.3) is 0 Å².